The van der Waals surface area contributed by atoms with E-state index in [1.54, 1.807) is 56.5 Å². The number of hydrogen-bond acceptors (Lipinski definition) is 4. The van der Waals surface area contributed by atoms with E-state index in [1.165, 1.54) is 0 Å². The molecule has 0 saturated carbocycles. The molecule has 0 N–H and O–H groups in total. The summed E-state index contributed by atoms with van der Waals surface area (Å²) in [4.78, 5) is 23.8. The standard InChI is InChI=1S/C19H17NO3/c1-13-11-14(12-20)3-8-17(13)19(22)18(9-10-21)15-4-6-16(23-2)7-5-15/h3-8,10-11,18H,9H2,1-2H3. The van der Waals surface area contributed by atoms with Gasteiger partial charge in [-0.25, -0.2) is 0 Å². The Morgan fingerprint density at radius 3 is 2.48 bits per heavy atom. The Bertz CT molecular complexity index is 757. The van der Waals surface area contributed by atoms with Gasteiger partial charge in [0.25, 0.3) is 0 Å². The smallest absolute Gasteiger partial charge is 0.171 e. The van der Waals surface area contributed by atoms with Gasteiger partial charge in [0.15, 0.2) is 5.78 Å². The molecule has 0 bridgehead atoms. The van der Waals surface area contributed by atoms with Crippen molar-refractivity contribution in [1.82, 2.24) is 0 Å². The molecule has 0 aliphatic rings. The number of Topliss-reactive ketones (excluding diaryl/α,β-unsaturated/α-hetero) is 1. The van der Waals surface area contributed by atoms with Crippen molar-refractivity contribution in [1.29, 1.82) is 5.26 Å². The van der Waals surface area contributed by atoms with Crippen molar-refractivity contribution in [3.63, 3.8) is 0 Å². The van der Waals surface area contributed by atoms with Gasteiger partial charge in [-0.3, -0.25) is 4.79 Å². The first-order valence-corrected chi connectivity index (χ1v) is 7.23. The largest absolute Gasteiger partial charge is 0.497 e. The van der Waals surface area contributed by atoms with E-state index in [4.69, 9.17) is 10.00 Å². The first kappa shape index (κ1) is 16.4. The van der Waals surface area contributed by atoms with E-state index >= 15 is 0 Å². The van der Waals surface area contributed by atoms with Crippen molar-refractivity contribution in [2.75, 3.05) is 7.11 Å². The molecule has 0 aliphatic carbocycles. The van der Waals surface area contributed by atoms with E-state index < -0.39 is 5.92 Å². The van der Waals surface area contributed by atoms with Crippen molar-refractivity contribution in [2.45, 2.75) is 19.3 Å². The summed E-state index contributed by atoms with van der Waals surface area (Å²) in [7, 11) is 1.57. The van der Waals surface area contributed by atoms with E-state index in [1.807, 2.05) is 0 Å². The second-order valence-corrected chi connectivity index (χ2v) is 5.23. The van der Waals surface area contributed by atoms with Crippen LogP contribution in [0.2, 0.25) is 0 Å². The number of aldehydes is 1. The van der Waals surface area contributed by atoms with E-state index in [9.17, 15) is 9.59 Å². The van der Waals surface area contributed by atoms with Crippen molar-refractivity contribution >= 4 is 12.1 Å². The molecule has 1 atom stereocenters. The summed E-state index contributed by atoms with van der Waals surface area (Å²) in [6.07, 6.45) is 0.871. The molecule has 0 heterocycles. The second-order valence-electron chi connectivity index (χ2n) is 5.23. The molecule has 23 heavy (non-hydrogen) atoms. The van der Waals surface area contributed by atoms with Crippen LogP contribution in [0.25, 0.3) is 0 Å². The quantitative estimate of drug-likeness (QED) is 0.605. The fourth-order valence-corrected chi connectivity index (χ4v) is 2.52. The number of nitriles is 1. The minimum atomic E-state index is -0.537. The van der Waals surface area contributed by atoms with Crippen LogP contribution in [-0.4, -0.2) is 19.2 Å². The zero-order valence-electron chi connectivity index (χ0n) is 13.1. The van der Waals surface area contributed by atoms with Crippen LogP contribution in [0.5, 0.6) is 5.75 Å². The van der Waals surface area contributed by atoms with Crippen LogP contribution in [-0.2, 0) is 4.79 Å². The first-order valence-electron chi connectivity index (χ1n) is 7.23. The highest BCUT2D eigenvalue weighted by molar-refractivity contribution is 6.03. The van der Waals surface area contributed by atoms with Crippen LogP contribution in [0.3, 0.4) is 0 Å². The number of carbonyl (C=O) groups is 2. The fourth-order valence-electron chi connectivity index (χ4n) is 2.52. The monoisotopic (exact) mass is 307 g/mol. The van der Waals surface area contributed by atoms with Gasteiger partial charge in [-0.2, -0.15) is 5.26 Å². The van der Waals surface area contributed by atoms with Gasteiger partial charge in [-0.1, -0.05) is 12.1 Å². The molecule has 1 unspecified atom stereocenters. The van der Waals surface area contributed by atoms with Crippen molar-refractivity contribution in [3.05, 3.63) is 64.7 Å². The molecule has 0 saturated heterocycles. The zero-order valence-corrected chi connectivity index (χ0v) is 13.1. The molecular weight excluding hydrogens is 290 g/mol. The Morgan fingerprint density at radius 1 is 1.26 bits per heavy atom. The van der Waals surface area contributed by atoms with Crippen molar-refractivity contribution in [2.24, 2.45) is 0 Å². The molecule has 0 amide bonds. The van der Waals surface area contributed by atoms with Gasteiger partial charge >= 0.3 is 0 Å². The minimum absolute atomic E-state index is 0.116. The lowest BCUT2D eigenvalue weighted by Gasteiger charge is -2.16. The van der Waals surface area contributed by atoms with Crippen molar-refractivity contribution in [3.8, 4) is 11.8 Å². The maximum atomic E-state index is 12.8. The lowest BCUT2D eigenvalue weighted by molar-refractivity contribution is -0.108. The van der Waals surface area contributed by atoms with Crippen LogP contribution in [0.4, 0.5) is 0 Å². The number of nitrogens with zero attached hydrogens (tertiary/aromatic N) is 1. The van der Waals surface area contributed by atoms with Gasteiger partial charge in [0.2, 0.25) is 0 Å². The second kappa shape index (κ2) is 7.37. The number of rotatable bonds is 6. The van der Waals surface area contributed by atoms with Crippen LogP contribution in [0, 0.1) is 18.3 Å². The number of ether oxygens (including phenoxy) is 1. The summed E-state index contributed by atoms with van der Waals surface area (Å²) in [6.45, 7) is 1.79. The molecule has 0 fully saturated rings. The third-order valence-electron chi connectivity index (χ3n) is 3.79. The Kier molecular flexibility index (Phi) is 5.27. The number of carbonyl (C=O) groups excluding carboxylic acids is 2. The average Bonchev–Trinajstić information content (AvgIpc) is 2.59. The Labute approximate surface area is 135 Å². The van der Waals surface area contributed by atoms with Gasteiger partial charge in [0.05, 0.1) is 24.7 Å². The molecule has 0 radical (unpaired) electrons. The van der Waals surface area contributed by atoms with Gasteiger partial charge < -0.3 is 9.53 Å². The zero-order chi connectivity index (χ0) is 16.8. The molecule has 4 nitrogen and oxygen atoms in total. The number of benzene rings is 2. The fraction of sp³-hybridized carbons (Fsp3) is 0.211. The van der Waals surface area contributed by atoms with Crippen LogP contribution in [0.1, 0.15) is 39.4 Å². The molecule has 4 heteroatoms. The van der Waals surface area contributed by atoms with E-state index in [0.29, 0.717) is 16.9 Å². The third-order valence-corrected chi connectivity index (χ3v) is 3.79. The van der Waals surface area contributed by atoms with Crippen molar-refractivity contribution < 1.29 is 14.3 Å². The Hall–Kier alpha value is -2.93. The Morgan fingerprint density at radius 2 is 1.96 bits per heavy atom. The van der Waals surface area contributed by atoms with Crippen LogP contribution < -0.4 is 4.74 Å². The van der Waals surface area contributed by atoms with Gasteiger partial charge in [0.1, 0.15) is 12.0 Å². The molecular formula is C19H17NO3. The lowest BCUT2D eigenvalue weighted by atomic mass is 9.86. The summed E-state index contributed by atoms with van der Waals surface area (Å²) in [5.41, 5.74) is 2.55. The maximum absolute atomic E-state index is 12.8. The number of aryl methyl sites for hydroxylation is 1. The summed E-state index contributed by atoms with van der Waals surface area (Å²) >= 11 is 0. The SMILES string of the molecule is COc1ccc(C(CC=O)C(=O)c2ccc(C#N)cc2C)cc1. The highest BCUT2D eigenvalue weighted by atomic mass is 16.5. The van der Waals surface area contributed by atoms with E-state index in [-0.39, 0.29) is 12.2 Å². The summed E-state index contributed by atoms with van der Waals surface area (Å²) in [6, 6.07) is 14.1. The third kappa shape index (κ3) is 3.64. The van der Waals surface area contributed by atoms with Gasteiger partial charge in [-0.15, -0.1) is 0 Å². The minimum Gasteiger partial charge on any atom is -0.497 e. The van der Waals surface area contributed by atoms with Crippen LogP contribution in [0.15, 0.2) is 42.5 Å². The number of methoxy groups -OCH3 is 1. The summed E-state index contributed by atoms with van der Waals surface area (Å²) in [5, 5.41) is 8.92. The normalized spacial score (nSPS) is 11.3. The van der Waals surface area contributed by atoms with E-state index in [2.05, 4.69) is 6.07 Å². The van der Waals surface area contributed by atoms with E-state index in [0.717, 1.165) is 17.4 Å². The molecule has 2 aromatic carbocycles. The Balaban J connectivity index is 2.38. The van der Waals surface area contributed by atoms with Gasteiger partial charge in [0, 0.05) is 12.0 Å². The molecule has 2 rings (SSSR count). The summed E-state index contributed by atoms with van der Waals surface area (Å²) in [5.74, 6) is 0.0369. The molecule has 116 valence electrons. The predicted molar refractivity (Wildman–Crippen MR) is 86.6 cm³/mol. The maximum Gasteiger partial charge on any atom is 0.171 e. The van der Waals surface area contributed by atoms with Gasteiger partial charge in [-0.05, 0) is 48.4 Å². The average molecular weight is 307 g/mol. The highest BCUT2D eigenvalue weighted by Gasteiger charge is 2.23. The first-order chi connectivity index (χ1) is 11.1. The number of hydrogen-bond donors (Lipinski definition) is 0. The topological polar surface area (TPSA) is 67.2 Å². The summed E-state index contributed by atoms with van der Waals surface area (Å²) < 4.78 is 5.11. The lowest BCUT2D eigenvalue weighted by Crippen LogP contribution is -2.15. The number of ketones is 1. The molecule has 0 aromatic heterocycles. The molecule has 0 aliphatic heterocycles. The van der Waals surface area contributed by atoms with Crippen LogP contribution >= 0.6 is 0 Å². The molecule has 2 aromatic rings. The predicted octanol–water partition coefficient (Wildman–Crippen LogP) is 3.43. The highest BCUT2D eigenvalue weighted by Crippen LogP contribution is 2.27. The molecule has 0 spiro atoms.